The summed E-state index contributed by atoms with van der Waals surface area (Å²) in [6.07, 6.45) is 0. The van der Waals surface area contributed by atoms with E-state index < -0.39 is 10.0 Å². The van der Waals surface area contributed by atoms with Crippen LogP contribution in [0.5, 0.6) is 0 Å². The fourth-order valence-corrected chi connectivity index (χ4v) is 5.81. The van der Waals surface area contributed by atoms with Gasteiger partial charge in [-0.3, -0.25) is 4.90 Å². The predicted molar refractivity (Wildman–Crippen MR) is 78.5 cm³/mol. The van der Waals surface area contributed by atoms with Crippen LogP contribution in [0.4, 0.5) is 0 Å². The first kappa shape index (κ1) is 14.5. The normalized spacial score (nSPS) is 29.3. The molecule has 2 bridgehead atoms. The van der Waals surface area contributed by atoms with Gasteiger partial charge in [-0.05, 0) is 31.0 Å². The third-order valence-electron chi connectivity index (χ3n) is 4.01. The second-order valence-corrected chi connectivity index (χ2v) is 8.84. The summed E-state index contributed by atoms with van der Waals surface area (Å²) in [5.41, 5.74) is 1.00. The van der Waals surface area contributed by atoms with Crippen molar-refractivity contribution in [1.82, 2.24) is 9.21 Å². The minimum Gasteiger partial charge on any atom is -0.379 e. The lowest BCUT2D eigenvalue weighted by molar-refractivity contribution is 0.0728. The summed E-state index contributed by atoms with van der Waals surface area (Å²) in [6.45, 7) is 5.17. The molecule has 7 heteroatoms. The highest BCUT2D eigenvalue weighted by molar-refractivity contribution is 7.91. The maximum atomic E-state index is 12.8. The molecule has 5 nitrogen and oxygen atoms in total. The highest BCUT2D eigenvalue weighted by atomic mass is 32.2. The molecule has 2 aliphatic rings. The molecule has 112 valence electrons. The summed E-state index contributed by atoms with van der Waals surface area (Å²) in [6, 6.07) is 1.92. The van der Waals surface area contributed by atoms with Gasteiger partial charge in [0.15, 0.2) is 0 Å². The standard InChI is InChI=1S/C13H20N2O3S2/c1-10-3-13(19-9-10)20(16,17)15-5-11-4-14(2)12(6-15)8-18-7-11/h3,9,11-12H,4-8H2,1-2H3/t11-,12+/m1/s1. The number of ether oxygens (including phenoxy) is 1. The molecule has 0 spiro atoms. The van der Waals surface area contributed by atoms with Crippen LogP contribution in [-0.2, 0) is 14.8 Å². The smallest absolute Gasteiger partial charge is 0.252 e. The molecule has 1 aromatic heterocycles. The summed E-state index contributed by atoms with van der Waals surface area (Å²) >= 11 is 1.31. The minimum atomic E-state index is -3.36. The summed E-state index contributed by atoms with van der Waals surface area (Å²) in [7, 11) is -1.31. The van der Waals surface area contributed by atoms with Gasteiger partial charge < -0.3 is 4.74 Å². The number of hydrogen-bond donors (Lipinski definition) is 0. The van der Waals surface area contributed by atoms with Crippen molar-refractivity contribution in [1.29, 1.82) is 0 Å². The summed E-state index contributed by atoms with van der Waals surface area (Å²) < 4.78 is 33.3. The first-order valence-electron chi connectivity index (χ1n) is 6.80. The van der Waals surface area contributed by atoms with Crippen molar-refractivity contribution in [3.05, 3.63) is 17.0 Å². The Balaban J connectivity index is 1.90. The molecule has 0 aromatic carbocycles. The quantitative estimate of drug-likeness (QED) is 0.817. The molecule has 1 aromatic rings. The largest absolute Gasteiger partial charge is 0.379 e. The van der Waals surface area contributed by atoms with E-state index in [-0.39, 0.29) is 12.0 Å². The zero-order valence-corrected chi connectivity index (χ0v) is 13.4. The predicted octanol–water partition coefficient (Wildman–Crippen LogP) is 1.01. The highest BCUT2D eigenvalue weighted by Crippen LogP contribution is 2.27. The van der Waals surface area contributed by atoms with Crippen LogP contribution >= 0.6 is 11.3 Å². The van der Waals surface area contributed by atoms with E-state index in [9.17, 15) is 8.42 Å². The maximum Gasteiger partial charge on any atom is 0.252 e. The topological polar surface area (TPSA) is 49.9 Å². The van der Waals surface area contributed by atoms with Crippen molar-refractivity contribution in [3.8, 4) is 0 Å². The second kappa shape index (κ2) is 5.38. The van der Waals surface area contributed by atoms with E-state index in [1.165, 1.54) is 11.3 Å². The number of aryl methyl sites for hydroxylation is 1. The van der Waals surface area contributed by atoms with Gasteiger partial charge in [0.05, 0.1) is 13.2 Å². The third-order valence-corrected chi connectivity index (χ3v) is 7.37. The maximum absolute atomic E-state index is 12.8. The average molecular weight is 316 g/mol. The lowest BCUT2D eigenvalue weighted by atomic mass is 10.1. The summed E-state index contributed by atoms with van der Waals surface area (Å²) in [5, 5.41) is 1.89. The number of hydrogen-bond acceptors (Lipinski definition) is 5. The van der Waals surface area contributed by atoms with E-state index in [2.05, 4.69) is 11.9 Å². The van der Waals surface area contributed by atoms with E-state index in [4.69, 9.17) is 4.74 Å². The first-order chi connectivity index (χ1) is 9.46. The molecule has 2 atom stereocenters. The molecule has 0 radical (unpaired) electrons. The fraction of sp³-hybridized carbons (Fsp3) is 0.692. The lowest BCUT2D eigenvalue weighted by Crippen LogP contribution is -2.44. The SMILES string of the molecule is Cc1csc(S(=O)(=O)N2C[C@@H]3COC[C@H](C2)N(C)C3)c1. The molecule has 0 unspecified atom stereocenters. The summed E-state index contributed by atoms with van der Waals surface area (Å²) in [4.78, 5) is 2.23. The van der Waals surface area contributed by atoms with Gasteiger partial charge in [0.1, 0.15) is 4.21 Å². The van der Waals surface area contributed by atoms with Crippen LogP contribution in [0.2, 0.25) is 0 Å². The molecular formula is C13H20N2O3S2. The van der Waals surface area contributed by atoms with Crippen LogP contribution in [0.25, 0.3) is 0 Å². The first-order valence-corrected chi connectivity index (χ1v) is 9.12. The van der Waals surface area contributed by atoms with Crippen LogP contribution in [0.15, 0.2) is 15.7 Å². The van der Waals surface area contributed by atoms with E-state index >= 15 is 0 Å². The minimum absolute atomic E-state index is 0.151. The molecule has 3 heterocycles. The second-order valence-electron chi connectivity index (χ2n) is 5.76. The Hall–Kier alpha value is -0.470. The summed E-state index contributed by atoms with van der Waals surface area (Å²) in [5.74, 6) is 0.253. The third kappa shape index (κ3) is 2.65. The fourth-order valence-electron chi connectivity index (χ4n) is 2.87. The number of thiophene rings is 1. The van der Waals surface area contributed by atoms with E-state index in [1.807, 2.05) is 12.3 Å². The van der Waals surface area contributed by atoms with Gasteiger partial charge in [-0.15, -0.1) is 11.3 Å². The molecule has 2 aliphatic heterocycles. The lowest BCUT2D eigenvalue weighted by Gasteiger charge is -2.28. The molecular weight excluding hydrogens is 296 g/mol. The Morgan fingerprint density at radius 2 is 2.10 bits per heavy atom. The molecule has 0 aliphatic carbocycles. The van der Waals surface area contributed by atoms with Gasteiger partial charge in [0, 0.05) is 31.6 Å². The van der Waals surface area contributed by atoms with Gasteiger partial charge >= 0.3 is 0 Å². The van der Waals surface area contributed by atoms with Crippen LogP contribution in [0.1, 0.15) is 5.56 Å². The van der Waals surface area contributed by atoms with Crippen molar-refractivity contribution in [2.45, 2.75) is 17.2 Å². The van der Waals surface area contributed by atoms with Gasteiger partial charge in [-0.25, -0.2) is 8.42 Å². The Morgan fingerprint density at radius 3 is 2.80 bits per heavy atom. The van der Waals surface area contributed by atoms with Crippen LogP contribution in [0, 0.1) is 12.8 Å². The van der Waals surface area contributed by atoms with Crippen molar-refractivity contribution in [3.63, 3.8) is 0 Å². The van der Waals surface area contributed by atoms with Gasteiger partial charge in [0.25, 0.3) is 10.0 Å². The molecule has 0 saturated carbocycles. The Bertz CT molecular complexity index is 584. The van der Waals surface area contributed by atoms with Crippen LogP contribution in [-0.4, -0.2) is 63.6 Å². The number of nitrogens with zero attached hydrogens (tertiary/aromatic N) is 2. The molecule has 0 amide bonds. The van der Waals surface area contributed by atoms with Crippen molar-refractivity contribution >= 4 is 21.4 Å². The van der Waals surface area contributed by atoms with E-state index in [1.54, 1.807) is 10.4 Å². The average Bonchev–Trinajstić information content (AvgIpc) is 2.63. The Labute approximate surface area is 124 Å². The molecule has 2 saturated heterocycles. The van der Waals surface area contributed by atoms with Gasteiger partial charge in [-0.1, -0.05) is 0 Å². The molecule has 0 N–H and O–H groups in total. The van der Waals surface area contributed by atoms with Gasteiger partial charge in [-0.2, -0.15) is 4.31 Å². The number of fused-ring (bicyclic) bond motifs is 3. The Morgan fingerprint density at radius 1 is 1.30 bits per heavy atom. The van der Waals surface area contributed by atoms with Crippen molar-refractivity contribution in [2.75, 3.05) is 39.9 Å². The van der Waals surface area contributed by atoms with Crippen molar-refractivity contribution < 1.29 is 13.2 Å². The van der Waals surface area contributed by atoms with Crippen LogP contribution < -0.4 is 0 Å². The van der Waals surface area contributed by atoms with Gasteiger partial charge in [0.2, 0.25) is 0 Å². The Kier molecular flexibility index (Phi) is 3.89. The zero-order chi connectivity index (χ0) is 14.3. The molecule has 2 fully saturated rings. The molecule has 20 heavy (non-hydrogen) atoms. The van der Waals surface area contributed by atoms with Crippen LogP contribution in [0.3, 0.4) is 0 Å². The number of sulfonamides is 1. The molecule has 3 rings (SSSR count). The number of likely N-dealkylation sites (N-methyl/N-ethyl adjacent to an activating group) is 1. The highest BCUT2D eigenvalue weighted by Gasteiger charge is 2.37. The number of rotatable bonds is 2. The van der Waals surface area contributed by atoms with E-state index in [0.29, 0.717) is 30.5 Å². The zero-order valence-electron chi connectivity index (χ0n) is 11.8. The van der Waals surface area contributed by atoms with Crippen molar-refractivity contribution in [2.24, 2.45) is 5.92 Å². The van der Waals surface area contributed by atoms with E-state index in [0.717, 1.165) is 12.1 Å². The monoisotopic (exact) mass is 316 g/mol.